The highest BCUT2D eigenvalue weighted by Gasteiger charge is 2.22. The molecule has 0 bridgehead atoms. The Labute approximate surface area is 95.4 Å². The molecular weight excluding hydrogens is 210 g/mol. The number of esters is 1. The third kappa shape index (κ3) is 3.81. The number of aliphatic hydroxyl groups excluding tert-OH is 1. The van der Waals surface area contributed by atoms with Gasteiger partial charge in [0.25, 0.3) is 0 Å². The van der Waals surface area contributed by atoms with Crippen LogP contribution in [-0.4, -0.2) is 48.2 Å². The first kappa shape index (κ1) is 13.0. The van der Waals surface area contributed by atoms with E-state index in [0.29, 0.717) is 19.4 Å². The number of amides is 1. The standard InChI is InChI=1S/C11H19NO4/c1-9(11(15)16-8-7-13)4-6-12-5-2-3-10(12)14/h9,13H,2-8H2,1H3. The van der Waals surface area contributed by atoms with Gasteiger partial charge in [-0.2, -0.15) is 0 Å². The number of nitrogens with zero attached hydrogens (tertiary/aromatic N) is 1. The molecule has 0 radical (unpaired) electrons. The van der Waals surface area contributed by atoms with Gasteiger partial charge in [-0.1, -0.05) is 6.92 Å². The second kappa shape index (κ2) is 6.48. The maximum absolute atomic E-state index is 11.4. The molecule has 1 aliphatic heterocycles. The summed E-state index contributed by atoms with van der Waals surface area (Å²) in [6.45, 7) is 3.10. The van der Waals surface area contributed by atoms with Crippen LogP contribution in [0, 0.1) is 5.92 Å². The number of carbonyl (C=O) groups excluding carboxylic acids is 2. The monoisotopic (exact) mass is 229 g/mol. The summed E-state index contributed by atoms with van der Waals surface area (Å²) in [4.78, 5) is 24.4. The quantitative estimate of drug-likeness (QED) is 0.659. The summed E-state index contributed by atoms with van der Waals surface area (Å²) >= 11 is 0. The number of carbonyl (C=O) groups is 2. The Morgan fingerprint density at radius 1 is 1.62 bits per heavy atom. The molecule has 0 aromatic carbocycles. The smallest absolute Gasteiger partial charge is 0.308 e. The highest BCUT2D eigenvalue weighted by atomic mass is 16.5. The molecule has 1 saturated heterocycles. The average molecular weight is 229 g/mol. The number of ether oxygens (including phenoxy) is 1. The summed E-state index contributed by atoms with van der Waals surface area (Å²) in [5.74, 6) is -0.350. The Morgan fingerprint density at radius 3 is 2.94 bits per heavy atom. The fraction of sp³-hybridized carbons (Fsp3) is 0.818. The lowest BCUT2D eigenvalue weighted by molar-refractivity contribution is -0.149. The second-order valence-corrected chi connectivity index (χ2v) is 4.07. The minimum Gasteiger partial charge on any atom is -0.463 e. The zero-order valence-corrected chi connectivity index (χ0v) is 9.65. The molecule has 0 aliphatic carbocycles. The van der Waals surface area contributed by atoms with E-state index in [1.165, 1.54) is 0 Å². The van der Waals surface area contributed by atoms with E-state index in [2.05, 4.69) is 0 Å². The van der Waals surface area contributed by atoms with E-state index in [0.717, 1.165) is 13.0 Å². The third-order valence-electron chi connectivity index (χ3n) is 2.74. The molecule has 5 nitrogen and oxygen atoms in total. The first-order chi connectivity index (χ1) is 7.65. The van der Waals surface area contributed by atoms with Crippen LogP contribution in [0.2, 0.25) is 0 Å². The Hall–Kier alpha value is -1.10. The molecule has 1 amide bonds. The summed E-state index contributed by atoms with van der Waals surface area (Å²) in [5.41, 5.74) is 0. The van der Waals surface area contributed by atoms with Crippen LogP contribution in [0.5, 0.6) is 0 Å². The number of hydrogen-bond donors (Lipinski definition) is 1. The molecule has 1 heterocycles. The molecule has 1 unspecified atom stereocenters. The van der Waals surface area contributed by atoms with Crippen molar-refractivity contribution in [2.24, 2.45) is 5.92 Å². The van der Waals surface area contributed by atoms with Gasteiger partial charge in [0.2, 0.25) is 5.91 Å². The van der Waals surface area contributed by atoms with Gasteiger partial charge in [-0.05, 0) is 12.8 Å². The van der Waals surface area contributed by atoms with Gasteiger partial charge in [0.05, 0.1) is 12.5 Å². The number of hydrogen-bond acceptors (Lipinski definition) is 4. The summed E-state index contributed by atoms with van der Waals surface area (Å²) in [7, 11) is 0. The van der Waals surface area contributed by atoms with Gasteiger partial charge in [0.1, 0.15) is 6.61 Å². The van der Waals surface area contributed by atoms with Gasteiger partial charge in [-0.15, -0.1) is 0 Å². The largest absolute Gasteiger partial charge is 0.463 e. The van der Waals surface area contributed by atoms with Gasteiger partial charge in [0, 0.05) is 19.5 Å². The molecule has 0 aromatic rings. The van der Waals surface area contributed by atoms with Crippen molar-refractivity contribution in [1.82, 2.24) is 4.90 Å². The van der Waals surface area contributed by atoms with Crippen LogP contribution < -0.4 is 0 Å². The van der Waals surface area contributed by atoms with E-state index in [1.54, 1.807) is 11.8 Å². The van der Waals surface area contributed by atoms with Crippen LogP contribution in [0.25, 0.3) is 0 Å². The zero-order valence-electron chi connectivity index (χ0n) is 9.65. The van der Waals surface area contributed by atoms with Gasteiger partial charge in [-0.25, -0.2) is 0 Å². The molecule has 1 N–H and O–H groups in total. The Kier molecular flexibility index (Phi) is 5.25. The normalized spacial score (nSPS) is 17.6. The maximum atomic E-state index is 11.4. The van der Waals surface area contributed by atoms with Crippen LogP contribution in [0.1, 0.15) is 26.2 Å². The van der Waals surface area contributed by atoms with Crippen molar-refractivity contribution in [2.45, 2.75) is 26.2 Å². The first-order valence-corrected chi connectivity index (χ1v) is 5.70. The van der Waals surface area contributed by atoms with Crippen molar-refractivity contribution < 1.29 is 19.4 Å². The van der Waals surface area contributed by atoms with Crippen molar-refractivity contribution in [3.8, 4) is 0 Å². The summed E-state index contributed by atoms with van der Waals surface area (Å²) in [6.07, 6.45) is 2.17. The lowest BCUT2D eigenvalue weighted by atomic mass is 10.1. The Morgan fingerprint density at radius 2 is 2.38 bits per heavy atom. The highest BCUT2D eigenvalue weighted by molar-refractivity contribution is 5.78. The van der Waals surface area contributed by atoms with Gasteiger partial charge < -0.3 is 14.7 Å². The number of likely N-dealkylation sites (tertiary alicyclic amines) is 1. The Balaban J connectivity index is 2.20. The van der Waals surface area contributed by atoms with Gasteiger partial charge in [0.15, 0.2) is 0 Å². The molecule has 16 heavy (non-hydrogen) atoms. The van der Waals surface area contributed by atoms with E-state index >= 15 is 0 Å². The van der Waals surface area contributed by atoms with E-state index in [-0.39, 0.29) is 31.0 Å². The van der Waals surface area contributed by atoms with Crippen molar-refractivity contribution in [1.29, 1.82) is 0 Å². The predicted octanol–water partition coefficient (Wildman–Crippen LogP) is 0.171. The fourth-order valence-electron chi connectivity index (χ4n) is 1.70. The molecule has 1 rings (SSSR count). The summed E-state index contributed by atoms with van der Waals surface area (Å²) in [5, 5.41) is 8.50. The molecule has 0 spiro atoms. The van der Waals surface area contributed by atoms with Gasteiger partial charge in [-0.3, -0.25) is 9.59 Å². The lowest BCUT2D eigenvalue weighted by Gasteiger charge is -2.17. The molecule has 1 fully saturated rings. The van der Waals surface area contributed by atoms with E-state index < -0.39 is 0 Å². The van der Waals surface area contributed by atoms with Crippen molar-refractivity contribution >= 4 is 11.9 Å². The minimum atomic E-state index is -0.305. The van der Waals surface area contributed by atoms with E-state index in [4.69, 9.17) is 9.84 Å². The predicted molar refractivity (Wildman–Crippen MR) is 57.6 cm³/mol. The highest BCUT2D eigenvalue weighted by Crippen LogP contribution is 2.13. The number of rotatable bonds is 6. The van der Waals surface area contributed by atoms with E-state index in [1.807, 2.05) is 0 Å². The van der Waals surface area contributed by atoms with Crippen LogP contribution in [0.15, 0.2) is 0 Å². The average Bonchev–Trinajstić information content (AvgIpc) is 2.68. The van der Waals surface area contributed by atoms with Crippen LogP contribution >= 0.6 is 0 Å². The zero-order chi connectivity index (χ0) is 12.0. The summed E-state index contributed by atoms with van der Waals surface area (Å²) < 4.78 is 4.80. The SMILES string of the molecule is CC(CCN1CCCC1=O)C(=O)OCCO. The van der Waals surface area contributed by atoms with E-state index in [9.17, 15) is 9.59 Å². The van der Waals surface area contributed by atoms with Crippen LogP contribution in [0.3, 0.4) is 0 Å². The van der Waals surface area contributed by atoms with Crippen molar-refractivity contribution in [3.05, 3.63) is 0 Å². The molecule has 0 saturated carbocycles. The molecule has 1 aliphatic rings. The van der Waals surface area contributed by atoms with Crippen LogP contribution in [-0.2, 0) is 14.3 Å². The fourth-order valence-corrected chi connectivity index (χ4v) is 1.70. The topological polar surface area (TPSA) is 66.8 Å². The first-order valence-electron chi connectivity index (χ1n) is 5.70. The molecule has 0 aromatic heterocycles. The lowest BCUT2D eigenvalue weighted by Crippen LogP contribution is -2.28. The summed E-state index contributed by atoms with van der Waals surface area (Å²) in [6, 6.07) is 0. The second-order valence-electron chi connectivity index (χ2n) is 4.07. The van der Waals surface area contributed by atoms with Gasteiger partial charge >= 0.3 is 5.97 Å². The van der Waals surface area contributed by atoms with Crippen molar-refractivity contribution in [3.63, 3.8) is 0 Å². The third-order valence-corrected chi connectivity index (χ3v) is 2.74. The minimum absolute atomic E-state index is 0.0474. The molecular formula is C11H19NO4. The Bertz CT molecular complexity index is 254. The van der Waals surface area contributed by atoms with Crippen molar-refractivity contribution in [2.75, 3.05) is 26.3 Å². The number of aliphatic hydroxyl groups is 1. The maximum Gasteiger partial charge on any atom is 0.308 e. The van der Waals surface area contributed by atoms with Crippen LogP contribution in [0.4, 0.5) is 0 Å². The molecule has 5 heteroatoms. The molecule has 92 valence electrons. The molecule has 1 atom stereocenters.